The molecule has 0 amide bonds. The Hall–Kier alpha value is -1.86. The Kier molecular flexibility index (Phi) is 7.62. The molecular formula is C16H24N4O2S. The smallest absolute Gasteiger partial charge is 0.236 e. The summed E-state index contributed by atoms with van der Waals surface area (Å²) in [4.78, 5) is 9.71. The Bertz CT molecular complexity index is 581. The van der Waals surface area contributed by atoms with E-state index < -0.39 is 0 Å². The molecule has 126 valence electrons. The molecule has 0 aliphatic carbocycles. The molecule has 2 aromatic rings. The van der Waals surface area contributed by atoms with Gasteiger partial charge in [-0.25, -0.2) is 4.98 Å². The minimum Gasteiger partial charge on any atom is -0.443 e. The molecule has 2 heterocycles. The molecule has 0 aliphatic rings. The van der Waals surface area contributed by atoms with Gasteiger partial charge in [-0.3, -0.25) is 4.99 Å². The highest BCUT2D eigenvalue weighted by Gasteiger charge is 2.07. The molecule has 2 N–H and O–H groups in total. The SMILES string of the molecule is CCOCCCCNC(=NC)NCc1coc(-c2cccs2)n1. The summed E-state index contributed by atoms with van der Waals surface area (Å²) in [6.45, 7) is 5.05. The molecule has 6 nitrogen and oxygen atoms in total. The van der Waals surface area contributed by atoms with Crippen LogP contribution in [0, 0.1) is 0 Å². The second-order valence-electron chi connectivity index (χ2n) is 4.88. The van der Waals surface area contributed by atoms with Crippen molar-refractivity contribution in [1.82, 2.24) is 15.6 Å². The minimum absolute atomic E-state index is 0.577. The lowest BCUT2D eigenvalue weighted by molar-refractivity contribution is 0.143. The van der Waals surface area contributed by atoms with Crippen LogP contribution >= 0.6 is 11.3 Å². The van der Waals surface area contributed by atoms with E-state index in [0.717, 1.165) is 49.1 Å². The zero-order valence-electron chi connectivity index (χ0n) is 13.7. The van der Waals surface area contributed by atoms with E-state index in [2.05, 4.69) is 20.6 Å². The maximum atomic E-state index is 5.50. The van der Waals surface area contributed by atoms with Gasteiger partial charge in [-0.15, -0.1) is 11.3 Å². The monoisotopic (exact) mass is 336 g/mol. The van der Waals surface area contributed by atoms with Crippen molar-refractivity contribution in [2.45, 2.75) is 26.3 Å². The zero-order valence-corrected chi connectivity index (χ0v) is 14.5. The third kappa shape index (κ3) is 6.03. The van der Waals surface area contributed by atoms with E-state index in [1.54, 1.807) is 24.6 Å². The van der Waals surface area contributed by atoms with Crippen LogP contribution in [-0.2, 0) is 11.3 Å². The van der Waals surface area contributed by atoms with Gasteiger partial charge in [0.25, 0.3) is 0 Å². The Morgan fingerprint density at radius 2 is 2.30 bits per heavy atom. The van der Waals surface area contributed by atoms with E-state index in [9.17, 15) is 0 Å². The lowest BCUT2D eigenvalue weighted by Crippen LogP contribution is -2.37. The highest BCUT2D eigenvalue weighted by molar-refractivity contribution is 7.13. The third-order valence-corrected chi connectivity index (χ3v) is 4.01. The lowest BCUT2D eigenvalue weighted by Gasteiger charge is -2.10. The van der Waals surface area contributed by atoms with E-state index in [1.807, 2.05) is 24.4 Å². The fourth-order valence-corrected chi connectivity index (χ4v) is 2.63. The first-order valence-corrected chi connectivity index (χ1v) is 8.72. The van der Waals surface area contributed by atoms with Gasteiger partial charge < -0.3 is 19.8 Å². The van der Waals surface area contributed by atoms with Crippen molar-refractivity contribution in [3.05, 3.63) is 29.5 Å². The zero-order chi connectivity index (χ0) is 16.3. The van der Waals surface area contributed by atoms with Crippen molar-refractivity contribution in [3.63, 3.8) is 0 Å². The van der Waals surface area contributed by atoms with Crippen LogP contribution in [0.5, 0.6) is 0 Å². The summed E-state index contributed by atoms with van der Waals surface area (Å²) in [5.41, 5.74) is 0.854. The van der Waals surface area contributed by atoms with Gasteiger partial charge in [0.15, 0.2) is 5.96 Å². The van der Waals surface area contributed by atoms with Crippen LogP contribution in [0.2, 0.25) is 0 Å². The second kappa shape index (κ2) is 10.0. The largest absolute Gasteiger partial charge is 0.443 e. The van der Waals surface area contributed by atoms with E-state index in [-0.39, 0.29) is 0 Å². The van der Waals surface area contributed by atoms with E-state index in [1.165, 1.54) is 0 Å². The number of hydrogen-bond acceptors (Lipinski definition) is 5. The molecule has 0 saturated carbocycles. The van der Waals surface area contributed by atoms with Gasteiger partial charge in [0.1, 0.15) is 6.26 Å². The molecule has 7 heteroatoms. The number of nitrogens with zero attached hydrogens (tertiary/aromatic N) is 2. The third-order valence-electron chi connectivity index (χ3n) is 3.16. The first kappa shape index (κ1) is 17.5. The maximum absolute atomic E-state index is 5.50. The Balaban J connectivity index is 1.69. The van der Waals surface area contributed by atoms with Gasteiger partial charge in [0, 0.05) is 26.8 Å². The van der Waals surface area contributed by atoms with Crippen LogP contribution in [0.25, 0.3) is 10.8 Å². The number of guanidine groups is 1. The van der Waals surface area contributed by atoms with Gasteiger partial charge >= 0.3 is 0 Å². The van der Waals surface area contributed by atoms with Crippen molar-refractivity contribution in [1.29, 1.82) is 0 Å². The van der Waals surface area contributed by atoms with Crippen LogP contribution in [0.3, 0.4) is 0 Å². The van der Waals surface area contributed by atoms with E-state index in [4.69, 9.17) is 9.15 Å². The second-order valence-corrected chi connectivity index (χ2v) is 5.83. The number of thiophene rings is 1. The van der Waals surface area contributed by atoms with Crippen molar-refractivity contribution >= 4 is 17.3 Å². The van der Waals surface area contributed by atoms with Crippen molar-refractivity contribution in [3.8, 4) is 10.8 Å². The molecule has 0 aromatic carbocycles. The standard InChI is InChI=1S/C16H24N4O2S/c1-3-21-9-5-4-8-18-16(17-2)19-11-13-12-22-15(20-13)14-7-6-10-23-14/h6-7,10,12H,3-5,8-9,11H2,1-2H3,(H2,17,18,19). The van der Waals surface area contributed by atoms with Gasteiger partial charge in [-0.05, 0) is 31.2 Å². The van der Waals surface area contributed by atoms with Gasteiger partial charge in [-0.1, -0.05) is 6.07 Å². The predicted octanol–water partition coefficient (Wildman–Crippen LogP) is 2.88. The molecule has 0 bridgehead atoms. The van der Waals surface area contributed by atoms with E-state index in [0.29, 0.717) is 12.4 Å². The summed E-state index contributed by atoms with van der Waals surface area (Å²) in [5.74, 6) is 1.43. The Morgan fingerprint density at radius 3 is 3.04 bits per heavy atom. The summed E-state index contributed by atoms with van der Waals surface area (Å²) < 4.78 is 10.8. The highest BCUT2D eigenvalue weighted by Crippen LogP contribution is 2.23. The first-order chi connectivity index (χ1) is 11.3. The molecule has 0 atom stereocenters. The minimum atomic E-state index is 0.577. The number of oxazole rings is 1. The summed E-state index contributed by atoms with van der Waals surface area (Å²) in [6.07, 6.45) is 3.77. The molecule has 0 unspecified atom stereocenters. The van der Waals surface area contributed by atoms with Gasteiger partial charge in [-0.2, -0.15) is 0 Å². The molecule has 0 fully saturated rings. The quantitative estimate of drug-likeness (QED) is 0.418. The number of unbranched alkanes of at least 4 members (excludes halogenated alkanes) is 1. The summed E-state index contributed by atoms with van der Waals surface area (Å²) >= 11 is 1.61. The number of rotatable bonds is 9. The molecule has 2 rings (SSSR count). The number of aromatic nitrogens is 1. The van der Waals surface area contributed by atoms with Crippen LogP contribution < -0.4 is 10.6 Å². The van der Waals surface area contributed by atoms with Gasteiger partial charge in [0.05, 0.1) is 17.1 Å². The average molecular weight is 336 g/mol. The van der Waals surface area contributed by atoms with Crippen molar-refractivity contribution < 1.29 is 9.15 Å². The molecule has 23 heavy (non-hydrogen) atoms. The molecule has 0 saturated heterocycles. The molecule has 0 spiro atoms. The lowest BCUT2D eigenvalue weighted by atomic mass is 10.3. The van der Waals surface area contributed by atoms with Crippen LogP contribution in [0.4, 0.5) is 0 Å². The molecule has 0 aliphatic heterocycles. The van der Waals surface area contributed by atoms with Crippen LogP contribution in [0.1, 0.15) is 25.5 Å². The molecular weight excluding hydrogens is 312 g/mol. The summed E-state index contributed by atoms with van der Waals surface area (Å²) in [6, 6.07) is 3.98. The molecule has 0 radical (unpaired) electrons. The maximum Gasteiger partial charge on any atom is 0.236 e. The van der Waals surface area contributed by atoms with Crippen LogP contribution in [0.15, 0.2) is 33.2 Å². The fourth-order valence-electron chi connectivity index (χ4n) is 1.98. The molecule has 2 aromatic heterocycles. The summed E-state index contributed by atoms with van der Waals surface area (Å²) in [7, 11) is 1.76. The Labute approximate surface area is 141 Å². The Morgan fingerprint density at radius 1 is 1.39 bits per heavy atom. The fraction of sp³-hybridized carbons (Fsp3) is 0.500. The number of nitrogens with one attached hydrogen (secondary N) is 2. The predicted molar refractivity (Wildman–Crippen MR) is 93.7 cm³/mol. The first-order valence-electron chi connectivity index (χ1n) is 7.84. The van der Waals surface area contributed by atoms with Crippen LogP contribution in [-0.4, -0.2) is 37.7 Å². The topological polar surface area (TPSA) is 71.7 Å². The summed E-state index contributed by atoms with van der Waals surface area (Å²) in [5, 5.41) is 8.52. The number of ether oxygens (including phenoxy) is 1. The van der Waals surface area contributed by atoms with E-state index >= 15 is 0 Å². The number of hydrogen-bond donors (Lipinski definition) is 2. The van der Waals surface area contributed by atoms with Crippen molar-refractivity contribution in [2.75, 3.05) is 26.8 Å². The van der Waals surface area contributed by atoms with Crippen molar-refractivity contribution in [2.24, 2.45) is 4.99 Å². The normalized spacial score (nSPS) is 11.7. The number of aliphatic imine (C=N–C) groups is 1. The van der Waals surface area contributed by atoms with Gasteiger partial charge in [0.2, 0.25) is 5.89 Å². The highest BCUT2D eigenvalue weighted by atomic mass is 32.1. The average Bonchev–Trinajstić information content (AvgIpc) is 3.24.